The summed E-state index contributed by atoms with van der Waals surface area (Å²) < 4.78 is 4.50. The van der Waals surface area contributed by atoms with Gasteiger partial charge in [0.05, 0.1) is 5.56 Å². The van der Waals surface area contributed by atoms with Crippen molar-refractivity contribution in [2.24, 2.45) is 0 Å². The van der Waals surface area contributed by atoms with Gasteiger partial charge in [-0.15, -0.1) is 0 Å². The van der Waals surface area contributed by atoms with Crippen LogP contribution in [0.15, 0.2) is 24.3 Å². The molecule has 0 saturated carbocycles. The molecule has 15 heavy (non-hydrogen) atoms. The fourth-order valence-electron chi connectivity index (χ4n) is 1.21. The third kappa shape index (κ3) is 4.08. The Morgan fingerprint density at radius 2 is 1.87 bits per heavy atom. The Morgan fingerprint density at radius 1 is 1.27 bits per heavy atom. The minimum absolute atomic E-state index is 0. The summed E-state index contributed by atoms with van der Waals surface area (Å²) in [5, 5.41) is 0. The molecule has 0 saturated heterocycles. The summed E-state index contributed by atoms with van der Waals surface area (Å²) in [6.07, 6.45) is 0.739. The monoisotopic (exact) mass is 310 g/mol. The van der Waals surface area contributed by atoms with Gasteiger partial charge in [0.2, 0.25) is 0 Å². The summed E-state index contributed by atoms with van der Waals surface area (Å²) in [6, 6.07) is 7.10. The summed E-state index contributed by atoms with van der Waals surface area (Å²) >= 11 is 0. The molecule has 1 aromatic rings. The number of carbonyl (C=O) groups excluding carboxylic acids is 2. The van der Waals surface area contributed by atoms with E-state index in [-0.39, 0.29) is 25.8 Å². The zero-order valence-electron chi connectivity index (χ0n) is 8.24. The Balaban J connectivity index is 0.00000196. The third-order valence-corrected chi connectivity index (χ3v) is 1.85. The van der Waals surface area contributed by atoms with Crippen LogP contribution in [0.1, 0.15) is 29.8 Å². The molecule has 0 aliphatic heterocycles. The first kappa shape index (κ1) is 14.2. The molecule has 0 bridgehead atoms. The Kier molecular flexibility index (Phi) is 6.32. The average molecular weight is 310 g/mol. The molecule has 0 N–H and O–H groups in total. The molecule has 0 unspecified atom stereocenters. The SMILES string of the molecule is CCc1ccccc1C(=O)OC(C)=O.[InH3]. The van der Waals surface area contributed by atoms with Crippen LogP contribution in [-0.4, -0.2) is 37.8 Å². The summed E-state index contributed by atoms with van der Waals surface area (Å²) in [5.41, 5.74) is 1.35. The number of benzene rings is 1. The van der Waals surface area contributed by atoms with Gasteiger partial charge in [0.1, 0.15) is 0 Å². The molecular formula is C11H15InO3. The predicted molar refractivity (Wildman–Crippen MR) is 61.9 cm³/mol. The van der Waals surface area contributed by atoms with Gasteiger partial charge in [0.25, 0.3) is 0 Å². The normalized spacial score (nSPS) is 8.93. The van der Waals surface area contributed by atoms with E-state index in [0.29, 0.717) is 5.56 Å². The summed E-state index contributed by atoms with van der Waals surface area (Å²) in [7, 11) is 0. The van der Waals surface area contributed by atoms with Crippen LogP contribution in [0, 0.1) is 0 Å². The van der Waals surface area contributed by atoms with Crippen LogP contribution in [0.25, 0.3) is 0 Å². The number of esters is 2. The molecule has 80 valence electrons. The molecular weight excluding hydrogens is 295 g/mol. The van der Waals surface area contributed by atoms with Crippen molar-refractivity contribution in [3.63, 3.8) is 0 Å². The summed E-state index contributed by atoms with van der Waals surface area (Å²) in [6.45, 7) is 3.16. The van der Waals surface area contributed by atoms with Gasteiger partial charge in [0.15, 0.2) is 0 Å². The van der Waals surface area contributed by atoms with Crippen LogP contribution in [-0.2, 0) is 16.0 Å². The second-order valence-corrected chi connectivity index (χ2v) is 2.89. The second kappa shape index (κ2) is 6.67. The number of hydrogen-bond donors (Lipinski definition) is 0. The fourth-order valence-corrected chi connectivity index (χ4v) is 1.21. The third-order valence-electron chi connectivity index (χ3n) is 1.85. The van der Waals surface area contributed by atoms with Gasteiger partial charge in [-0.05, 0) is 18.1 Å². The van der Waals surface area contributed by atoms with E-state index >= 15 is 0 Å². The van der Waals surface area contributed by atoms with E-state index in [1.807, 2.05) is 19.1 Å². The van der Waals surface area contributed by atoms with Crippen molar-refractivity contribution in [3.8, 4) is 0 Å². The number of hydrogen-bond acceptors (Lipinski definition) is 3. The molecule has 3 nitrogen and oxygen atoms in total. The van der Waals surface area contributed by atoms with E-state index in [0.717, 1.165) is 12.0 Å². The van der Waals surface area contributed by atoms with Crippen molar-refractivity contribution >= 4 is 37.8 Å². The van der Waals surface area contributed by atoms with E-state index in [2.05, 4.69) is 4.74 Å². The number of ether oxygens (including phenoxy) is 1. The maximum absolute atomic E-state index is 11.4. The minimum atomic E-state index is -0.582. The average Bonchev–Trinajstić information content (AvgIpc) is 2.16. The molecule has 4 heteroatoms. The van der Waals surface area contributed by atoms with Crippen molar-refractivity contribution < 1.29 is 14.3 Å². The van der Waals surface area contributed by atoms with Gasteiger partial charge in [-0.1, -0.05) is 25.1 Å². The molecule has 0 amide bonds. The van der Waals surface area contributed by atoms with Gasteiger partial charge in [-0.25, -0.2) is 4.79 Å². The van der Waals surface area contributed by atoms with Crippen molar-refractivity contribution in [3.05, 3.63) is 35.4 Å². The maximum atomic E-state index is 11.4. The van der Waals surface area contributed by atoms with Gasteiger partial charge >= 0.3 is 37.8 Å². The van der Waals surface area contributed by atoms with Crippen LogP contribution < -0.4 is 0 Å². The molecule has 0 heterocycles. The summed E-state index contributed by atoms with van der Waals surface area (Å²) in [5.74, 6) is -1.16. The van der Waals surface area contributed by atoms with Gasteiger partial charge in [-0.2, -0.15) is 0 Å². The Labute approximate surface area is 108 Å². The molecule has 0 fully saturated rings. The Bertz CT molecular complexity index is 361. The van der Waals surface area contributed by atoms with E-state index < -0.39 is 11.9 Å². The first-order valence-electron chi connectivity index (χ1n) is 4.45. The number of aryl methyl sites for hydroxylation is 1. The zero-order valence-corrected chi connectivity index (χ0v) is 8.24. The van der Waals surface area contributed by atoms with Crippen molar-refractivity contribution in [1.29, 1.82) is 0 Å². The summed E-state index contributed by atoms with van der Waals surface area (Å²) in [4.78, 5) is 22.0. The molecule has 1 aromatic carbocycles. The van der Waals surface area contributed by atoms with Crippen LogP contribution in [0.3, 0.4) is 0 Å². The number of rotatable bonds is 2. The predicted octanol–water partition coefficient (Wildman–Crippen LogP) is 0.768. The van der Waals surface area contributed by atoms with Gasteiger partial charge in [-0.3, -0.25) is 4.79 Å². The molecule has 0 aliphatic carbocycles. The first-order valence-corrected chi connectivity index (χ1v) is 4.45. The topological polar surface area (TPSA) is 43.4 Å². The molecule has 1 rings (SSSR count). The van der Waals surface area contributed by atoms with E-state index in [4.69, 9.17) is 0 Å². The molecule has 0 aromatic heterocycles. The number of carbonyl (C=O) groups is 2. The zero-order chi connectivity index (χ0) is 10.6. The van der Waals surface area contributed by atoms with Crippen molar-refractivity contribution in [1.82, 2.24) is 0 Å². The van der Waals surface area contributed by atoms with Crippen LogP contribution in [0.4, 0.5) is 0 Å². The fraction of sp³-hybridized carbons (Fsp3) is 0.273. The van der Waals surface area contributed by atoms with E-state index in [1.165, 1.54) is 6.92 Å². The van der Waals surface area contributed by atoms with Gasteiger partial charge < -0.3 is 4.74 Å². The van der Waals surface area contributed by atoms with Crippen LogP contribution >= 0.6 is 0 Å². The second-order valence-electron chi connectivity index (χ2n) is 2.89. The van der Waals surface area contributed by atoms with Crippen molar-refractivity contribution in [2.45, 2.75) is 20.3 Å². The van der Waals surface area contributed by atoms with Crippen LogP contribution in [0.5, 0.6) is 0 Å². The Morgan fingerprint density at radius 3 is 2.40 bits per heavy atom. The molecule has 0 radical (unpaired) electrons. The van der Waals surface area contributed by atoms with E-state index in [9.17, 15) is 9.59 Å². The first-order chi connectivity index (χ1) is 6.65. The van der Waals surface area contributed by atoms with Gasteiger partial charge in [0, 0.05) is 6.92 Å². The Hall–Kier alpha value is -0.770. The molecule has 0 aliphatic rings. The molecule has 0 spiro atoms. The van der Waals surface area contributed by atoms with Crippen LogP contribution in [0.2, 0.25) is 0 Å². The van der Waals surface area contributed by atoms with Crippen molar-refractivity contribution in [2.75, 3.05) is 0 Å². The van der Waals surface area contributed by atoms with E-state index in [1.54, 1.807) is 12.1 Å². The molecule has 0 atom stereocenters. The standard InChI is InChI=1S/C11H12O3.In.3H/c1-3-9-6-4-5-7-10(9)11(13)14-8(2)12;;;;/h4-7H,3H2,1-2H3;;;;. The quantitative estimate of drug-likeness (QED) is 0.599.